The van der Waals surface area contributed by atoms with Gasteiger partial charge in [0, 0.05) is 11.6 Å². The second-order valence-electron chi connectivity index (χ2n) is 2.72. The average molecular weight is 212 g/mol. The molecule has 0 saturated carbocycles. The van der Waals surface area contributed by atoms with Gasteiger partial charge in [0.25, 0.3) is 0 Å². The Morgan fingerprint density at radius 2 is 1.85 bits per heavy atom. The van der Waals surface area contributed by atoms with E-state index in [1.54, 1.807) is 6.20 Å². The summed E-state index contributed by atoms with van der Waals surface area (Å²) in [6.45, 7) is 0. The number of rotatable bonds is 1. The molecule has 0 bridgehead atoms. The van der Waals surface area contributed by atoms with Gasteiger partial charge in [-0.15, -0.1) is 0 Å². The Balaban J connectivity index is 2.76. The molecule has 0 aliphatic heterocycles. The molecule has 0 aliphatic rings. The molecule has 0 saturated heterocycles. The maximum atomic E-state index is 5.79. The molecule has 0 radical (unpaired) electrons. The van der Waals surface area contributed by atoms with Crippen LogP contribution < -0.4 is 0 Å². The van der Waals surface area contributed by atoms with E-state index in [0.29, 0.717) is 0 Å². The van der Waals surface area contributed by atoms with Gasteiger partial charge in [-0.2, -0.15) is 0 Å². The molecular weight excluding hydrogens is 205 g/mol. The fourth-order valence-electron chi connectivity index (χ4n) is 1.32. The Morgan fingerprint density at radius 3 is 2.62 bits per heavy atom. The second kappa shape index (κ2) is 3.52. The van der Waals surface area contributed by atoms with Crippen LogP contribution in [0.15, 0.2) is 36.5 Å². The number of nitrogens with zero attached hydrogens (tertiary/aromatic N) is 1. The molecule has 3 heteroatoms. The van der Waals surface area contributed by atoms with E-state index in [1.807, 2.05) is 30.3 Å². The van der Waals surface area contributed by atoms with Gasteiger partial charge >= 0.3 is 0 Å². The van der Waals surface area contributed by atoms with Gasteiger partial charge in [0.2, 0.25) is 0 Å². The topological polar surface area (TPSA) is 12.9 Å². The Bertz CT molecular complexity index is 421. The zero-order valence-electron chi connectivity index (χ0n) is 6.74. The van der Waals surface area contributed by atoms with Crippen LogP contribution in [0.4, 0.5) is 0 Å². The SMILES string of the molecule is ClC(Cl)c1nccc2ccccc12. The normalized spacial score (nSPS) is 11.0. The maximum absolute atomic E-state index is 5.79. The smallest absolute Gasteiger partial charge is 0.150 e. The summed E-state index contributed by atoms with van der Waals surface area (Å²) in [5.74, 6) is 0. The zero-order chi connectivity index (χ0) is 9.26. The van der Waals surface area contributed by atoms with Crippen LogP contribution in [-0.2, 0) is 0 Å². The minimum absolute atomic E-state index is 0.564. The highest BCUT2D eigenvalue weighted by Gasteiger charge is 2.08. The summed E-state index contributed by atoms with van der Waals surface area (Å²) < 4.78 is 0. The highest BCUT2D eigenvalue weighted by Crippen LogP contribution is 2.28. The lowest BCUT2D eigenvalue weighted by atomic mass is 10.1. The van der Waals surface area contributed by atoms with Gasteiger partial charge in [-0.1, -0.05) is 47.5 Å². The van der Waals surface area contributed by atoms with E-state index < -0.39 is 4.84 Å². The summed E-state index contributed by atoms with van der Waals surface area (Å²) in [5.41, 5.74) is 0.724. The van der Waals surface area contributed by atoms with Gasteiger partial charge in [0.1, 0.15) is 4.84 Å². The van der Waals surface area contributed by atoms with Gasteiger partial charge < -0.3 is 0 Å². The molecule has 0 amide bonds. The average Bonchev–Trinajstić information content (AvgIpc) is 2.17. The third kappa shape index (κ3) is 1.62. The third-order valence-electron chi connectivity index (χ3n) is 1.91. The second-order valence-corrected chi connectivity index (χ2v) is 3.81. The van der Waals surface area contributed by atoms with Gasteiger partial charge in [0.15, 0.2) is 0 Å². The Morgan fingerprint density at radius 1 is 1.08 bits per heavy atom. The van der Waals surface area contributed by atoms with Crippen LogP contribution in [0.2, 0.25) is 0 Å². The number of fused-ring (bicyclic) bond motifs is 1. The van der Waals surface area contributed by atoms with Crippen LogP contribution in [0.5, 0.6) is 0 Å². The van der Waals surface area contributed by atoms with E-state index in [1.165, 1.54) is 0 Å². The van der Waals surface area contributed by atoms with Crippen molar-refractivity contribution in [3.8, 4) is 0 Å². The first-order valence-corrected chi connectivity index (χ1v) is 4.78. The lowest BCUT2D eigenvalue weighted by molar-refractivity contribution is 1.18. The fraction of sp³-hybridized carbons (Fsp3) is 0.100. The molecule has 1 aromatic heterocycles. The molecule has 0 fully saturated rings. The van der Waals surface area contributed by atoms with Gasteiger partial charge in [-0.3, -0.25) is 4.98 Å². The molecule has 0 N–H and O–H groups in total. The first-order chi connectivity index (χ1) is 6.29. The summed E-state index contributed by atoms with van der Waals surface area (Å²) in [7, 11) is 0. The van der Waals surface area contributed by atoms with Crippen LogP contribution in [0, 0.1) is 0 Å². The largest absolute Gasteiger partial charge is 0.258 e. The molecule has 1 aromatic carbocycles. The van der Waals surface area contributed by atoms with Crippen molar-refractivity contribution in [2.75, 3.05) is 0 Å². The van der Waals surface area contributed by atoms with Crippen LogP contribution in [0.3, 0.4) is 0 Å². The molecule has 2 aromatic rings. The highest BCUT2D eigenvalue weighted by molar-refractivity contribution is 6.44. The molecule has 2 rings (SSSR count). The monoisotopic (exact) mass is 211 g/mol. The van der Waals surface area contributed by atoms with Crippen molar-refractivity contribution in [1.82, 2.24) is 4.98 Å². The number of hydrogen-bond acceptors (Lipinski definition) is 1. The minimum atomic E-state index is -0.564. The molecule has 66 valence electrons. The van der Waals surface area contributed by atoms with Crippen LogP contribution in [-0.4, -0.2) is 4.98 Å². The number of hydrogen-bond donors (Lipinski definition) is 0. The van der Waals surface area contributed by atoms with E-state index in [-0.39, 0.29) is 0 Å². The number of benzene rings is 1. The quantitative estimate of drug-likeness (QED) is 0.656. The van der Waals surface area contributed by atoms with Crippen LogP contribution in [0.1, 0.15) is 10.5 Å². The first-order valence-electron chi connectivity index (χ1n) is 3.91. The number of pyridine rings is 1. The fourth-order valence-corrected chi connectivity index (χ4v) is 1.66. The third-order valence-corrected chi connectivity index (χ3v) is 2.32. The number of alkyl halides is 2. The Kier molecular flexibility index (Phi) is 2.38. The predicted molar refractivity (Wildman–Crippen MR) is 56.2 cm³/mol. The zero-order valence-corrected chi connectivity index (χ0v) is 8.26. The van der Waals surface area contributed by atoms with Crippen molar-refractivity contribution >= 4 is 34.0 Å². The number of aromatic nitrogens is 1. The molecule has 1 heterocycles. The van der Waals surface area contributed by atoms with E-state index >= 15 is 0 Å². The molecule has 0 spiro atoms. The van der Waals surface area contributed by atoms with E-state index in [9.17, 15) is 0 Å². The van der Waals surface area contributed by atoms with Crippen molar-refractivity contribution in [3.05, 3.63) is 42.2 Å². The first kappa shape index (κ1) is 8.79. The van der Waals surface area contributed by atoms with Crippen molar-refractivity contribution in [2.45, 2.75) is 4.84 Å². The van der Waals surface area contributed by atoms with Gasteiger partial charge in [-0.25, -0.2) is 0 Å². The lowest BCUT2D eigenvalue weighted by Gasteiger charge is -2.04. The Labute approximate surface area is 86.3 Å². The lowest BCUT2D eigenvalue weighted by Crippen LogP contribution is -1.88. The predicted octanol–water partition coefficient (Wildman–Crippen LogP) is 3.71. The van der Waals surface area contributed by atoms with Gasteiger partial charge in [0.05, 0.1) is 5.69 Å². The van der Waals surface area contributed by atoms with Crippen molar-refractivity contribution in [2.24, 2.45) is 0 Å². The van der Waals surface area contributed by atoms with Crippen molar-refractivity contribution in [3.63, 3.8) is 0 Å². The van der Waals surface area contributed by atoms with Gasteiger partial charge in [-0.05, 0) is 11.5 Å². The standard InChI is InChI=1S/C10H7Cl2N/c11-10(12)9-8-4-2-1-3-7(8)5-6-13-9/h1-6,10H. The van der Waals surface area contributed by atoms with Crippen LogP contribution in [0.25, 0.3) is 10.8 Å². The van der Waals surface area contributed by atoms with Crippen molar-refractivity contribution < 1.29 is 0 Å². The molecule has 0 unspecified atom stereocenters. The Hall–Kier alpha value is -0.790. The van der Waals surface area contributed by atoms with Crippen molar-refractivity contribution in [1.29, 1.82) is 0 Å². The van der Waals surface area contributed by atoms with Crippen LogP contribution >= 0.6 is 23.2 Å². The summed E-state index contributed by atoms with van der Waals surface area (Å²) in [4.78, 5) is 3.58. The van der Waals surface area contributed by atoms with E-state index in [0.717, 1.165) is 16.5 Å². The highest BCUT2D eigenvalue weighted by atomic mass is 35.5. The number of halogens is 2. The maximum Gasteiger partial charge on any atom is 0.150 e. The summed E-state index contributed by atoms with van der Waals surface area (Å²) in [5, 5.41) is 2.12. The molecule has 0 atom stereocenters. The molecular formula is C10H7Cl2N. The van der Waals surface area contributed by atoms with E-state index in [2.05, 4.69) is 4.98 Å². The molecule has 13 heavy (non-hydrogen) atoms. The molecule has 1 nitrogen and oxygen atoms in total. The summed E-state index contributed by atoms with van der Waals surface area (Å²) in [6, 6.07) is 9.84. The van der Waals surface area contributed by atoms with E-state index in [4.69, 9.17) is 23.2 Å². The molecule has 0 aliphatic carbocycles. The summed E-state index contributed by atoms with van der Waals surface area (Å²) >= 11 is 11.6. The minimum Gasteiger partial charge on any atom is -0.258 e. The summed E-state index contributed by atoms with van der Waals surface area (Å²) in [6.07, 6.45) is 1.72.